The number of halogens is 2. The predicted octanol–water partition coefficient (Wildman–Crippen LogP) is 3.17. The van der Waals surface area contributed by atoms with Crippen molar-refractivity contribution >= 4 is 18.3 Å². The first kappa shape index (κ1) is 19.2. The van der Waals surface area contributed by atoms with Gasteiger partial charge in [-0.15, -0.1) is 12.4 Å². The molecule has 1 amide bonds. The first-order valence-electron chi connectivity index (χ1n) is 7.45. The van der Waals surface area contributed by atoms with Gasteiger partial charge in [0.1, 0.15) is 17.3 Å². The van der Waals surface area contributed by atoms with Crippen LogP contribution in [0.2, 0.25) is 0 Å². The van der Waals surface area contributed by atoms with Gasteiger partial charge in [0.25, 0.3) is 0 Å². The van der Waals surface area contributed by atoms with E-state index in [0.717, 1.165) is 13.0 Å². The number of benzene rings is 1. The van der Waals surface area contributed by atoms with Crippen molar-refractivity contribution in [3.8, 4) is 11.3 Å². The summed E-state index contributed by atoms with van der Waals surface area (Å²) in [5.41, 5.74) is 0.435. The molecule has 0 aliphatic rings. The van der Waals surface area contributed by atoms with Crippen LogP contribution in [0.1, 0.15) is 18.6 Å². The van der Waals surface area contributed by atoms with E-state index in [-0.39, 0.29) is 24.1 Å². The van der Waals surface area contributed by atoms with Crippen LogP contribution in [0.25, 0.3) is 11.3 Å². The van der Waals surface area contributed by atoms with Crippen LogP contribution >= 0.6 is 12.4 Å². The van der Waals surface area contributed by atoms with Gasteiger partial charge in [0.15, 0.2) is 0 Å². The molecule has 0 saturated carbocycles. The molecule has 0 aliphatic heterocycles. The van der Waals surface area contributed by atoms with E-state index in [1.54, 1.807) is 30.3 Å². The van der Waals surface area contributed by atoms with E-state index in [1.807, 2.05) is 7.05 Å². The molecule has 0 spiro atoms. The van der Waals surface area contributed by atoms with E-state index in [1.165, 1.54) is 6.07 Å². The van der Waals surface area contributed by atoms with Crippen LogP contribution in [-0.2, 0) is 11.2 Å². The Balaban J connectivity index is 0.00000264. The number of rotatable bonds is 8. The normalized spacial score (nSPS) is 10.2. The number of carbonyl (C=O) groups is 1. The fraction of sp³-hybridized carbons (Fsp3) is 0.353. The zero-order valence-electron chi connectivity index (χ0n) is 13.1. The summed E-state index contributed by atoms with van der Waals surface area (Å²) < 4.78 is 19.3. The molecule has 0 atom stereocenters. The molecule has 4 nitrogen and oxygen atoms in total. The molecule has 0 saturated heterocycles. The summed E-state index contributed by atoms with van der Waals surface area (Å²) in [5.74, 6) is 0.858. The number of amides is 1. The quantitative estimate of drug-likeness (QED) is 0.726. The Morgan fingerprint density at radius 2 is 1.96 bits per heavy atom. The molecule has 2 aromatic rings. The first-order chi connectivity index (χ1) is 10.7. The maximum atomic E-state index is 13.7. The highest BCUT2D eigenvalue weighted by molar-refractivity contribution is 5.85. The van der Waals surface area contributed by atoms with E-state index in [4.69, 9.17) is 4.42 Å². The SMILES string of the molecule is CNCCCNC(=O)CCc1ccc(-c2ccccc2F)o1.Cl. The van der Waals surface area contributed by atoms with E-state index < -0.39 is 0 Å². The summed E-state index contributed by atoms with van der Waals surface area (Å²) in [6, 6.07) is 10.00. The molecule has 0 unspecified atom stereocenters. The van der Waals surface area contributed by atoms with Crippen LogP contribution < -0.4 is 10.6 Å². The van der Waals surface area contributed by atoms with Crippen molar-refractivity contribution in [2.24, 2.45) is 0 Å². The minimum absolute atomic E-state index is 0. The van der Waals surface area contributed by atoms with Crippen molar-refractivity contribution in [2.75, 3.05) is 20.1 Å². The molecule has 2 rings (SSSR count). The van der Waals surface area contributed by atoms with Gasteiger partial charge in [0.05, 0.1) is 5.56 Å². The fourth-order valence-corrected chi connectivity index (χ4v) is 2.14. The highest BCUT2D eigenvalue weighted by Crippen LogP contribution is 2.25. The fourth-order valence-electron chi connectivity index (χ4n) is 2.14. The van der Waals surface area contributed by atoms with Gasteiger partial charge < -0.3 is 15.1 Å². The molecule has 1 aromatic carbocycles. The van der Waals surface area contributed by atoms with Gasteiger partial charge >= 0.3 is 0 Å². The van der Waals surface area contributed by atoms with Crippen LogP contribution in [-0.4, -0.2) is 26.0 Å². The predicted molar refractivity (Wildman–Crippen MR) is 91.2 cm³/mol. The van der Waals surface area contributed by atoms with Gasteiger partial charge in [-0.05, 0) is 44.3 Å². The monoisotopic (exact) mass is 340 g/mol. The Morgan fingerprint density at radius 1 is 1.17 bits per heavy atom. The van der Waals surface area contributed by atoms with Gasteiger partial charge in [-0.1, -0.05) is 12.1 Å². The van der Waals surface area contributed by atoms with Gasteiger partial charge in [0, 0.05) is 19.4 Å². The van der Waals surface area contributed by atoms with Gasteiger partial charge in [-0.25, -0.2) is 4.39 Å². The van der Waals surface area contributed by atoms with Gasteiger partial charge in [0.2, 0.25) is 5.91 Å². The lowest BCUT2D eigenvalue weighted by molar-refractivity contribution is -0.121. The molecule has 1 aromatic heterocycles. The number of aryl methyl sites for hydroxylation is 1. The van der Waals surface area contributed by atoms with E-state index >= 15 is 0 Å². The Morgan fingerprint density at radius 3 is 2.70 bits per heavy atom. The molecule has 1 heterocycles. The Hall–Kier alpha value is -1.85. The van der Waals surface area contributed by atoms with Crippen molar-refractivity contribution in [3.63, 3.8) is 0 Å². The molecule has 126 valence electrons. The average Bonchev–Trinajstić information content (AvgIpc) is 2.99. The summed E-state index contributed by atoms with van der Waals surface area (Å²) in [4.78, 5) is 11.7. The third-order valence-corrected chi connectivity index (χ3v) is 3.33. The molecule has 6 heteroatoms. The molecule has 2 N–H and O–H groups in total. The van der Waals surface area contributed by atoms with E-state index in [9.17, 15) is 9.18 Å². The number of nitrogens with one attached hydrogen (secondary N) is 2. The standard InChI is InChI=1S/C17H21FN2O2.ClH/c1-19-11-4-12-20-17(21)10-8-13-7-9-16(22-13)14-5-2-3-6-15(14)18;/h2-3,5-7,9,19H,4,8,10-12H2,1H3,(H,20,21);1H. The lowest BCUT2D eigenvalue weighted by Gasteiger charge is -2.04. The summed E-state index contributed by atoms with van der Waals surface area (Å²) in [6.45, 7) is 1.54. The largest absolute Gasteiger partial charge is 0.461 e. The van der Waals surface area contributed by atoms with Crippen molar-refractivity contribution in [1.82, 2.24) is 10.6 Å². The van der Waals surface area contributed by atoms with Gasteiger partial charge in [-0.3, -0.25) is 4.79 Å². The molecule has 0 radical (unpaired) electrons. The van der Waals surface area contributed by atoms with Crippen LogP contribution in [0.5, 0.6) is 0 Å². The third kappa shape index (κ3) is 6.04. The minimum Gasteiger partial charge on any atom is -0.461 e. The molecular formula is C17H22ClFN2O2. The minimum atomic E-state index is -0.314. The maximum absolute atomic E-state index is 13.7. The Kier molecular flexibility index (Phi) is 8.37. The zero-order valence-corrected chi connectivity index (χ0v) is 13.9. The number of carbonyl (C=O) groups excluding carboxylic acids is 1. The summed E-state index contributed by atoms with van der Waals surface area (Å²) in [5, 5.41) is 5.88. The van der Waals surface area contributed by atoms with Gasteiger partial charge in [-0.2, -0.15) is 0 Å². The molecule has 0 aliphatic carbocycles. The first-order valence-corrected chi connectivity index (χ1v) is 7.45. The van der Waals surface area contributed by atoms with Crippen molar-refractivity contribution in [2.45, 2.75) is 19.3 Å². The second kappa shape index (κ2) is 10.0. The second-order valence-electron chi connectivity index (χ2n) is 5.05. The molecular weight excluding hydrogens is 319 g/mol. The van der Waals surface area contributed by atoms with E-state index in [0.29, 0.717) is 36.5 Å². The number of hydrogen-bond acceptors (Lipinski definition) is 3. The topological polar surface area (TPSA) is 54.3 Å². The smallest absolute Gasteiger partial charge is 0.220 e. The zero-order chi connectivity index (χ0) is 15.8. The molecule has 23 heavy (non-hydrogen) atoms. The van der Waals surface area contributed by atoms with Crippen LogP contribution in [0.4, 0.5) is 4.39 Å². The lowest BCUT2D eigenvalue weighted by atomic mass is 10.1. The number of hydrogen-bond donors (Lipinski definition) is 2. The summed E-state index contributed by atoms with van der Waals surface area (Å²) in [6.07, 6.45) is 1.77. The van der Waals surface area contributed by atoms with Crippen LogP contribution in [0.3, 0.4) is 0 Å². The van der Waals surface area contributed by atoms with Crippen LogP contribution in [0.15, 0.2) is 40.8 Å². The highest BCUT2D eigenvalue weighted by atomic mass is 35.5. The average molecular weight is 341 g/mol. The second-order valence-corrected chi connectivity index (χ2v) is 5.05. The lowest BCUT2D eigenvalue weighted by Crippen LogP contribution is -2.26. The third-order valence-electron chi connectivity index (χ3n) is 3.33. The Bertz CT molecular complexity index is 616. The summed E-state index contributed by atoms with van der Waals surface area (Å²) >= 11 is 0. The molecule has 0 bridgehead atoms. The van der Waals surface area contributed by atoms with Crippen LogP contribution in [0, 0.1) is 5.82 Å². The highest BCUT2D eigenvalue weighted by Gasteiger charge is 2.10. The maximum Gasteiger partial charge on any atom is 0.220 e. The van der Waals surface area contributed by atoms with Crippen molar-refractivity contribution < 1.29 is 13.6 Å². The Labute approximate surface area is 141 Å². The van der Waals surface area contributed by atoms with E-state index in [2.05, 4.69) is 10.6 Å². The van der Waals surface area contributed by atoms with Crippen molar-refractivity contribution in [3.05, 3.63) is 48.0 Å². The molecule has 0 fully saturated rings. The number of furan rings is 1. The summed E-state index contributed by atoms with van der Waals surface area (Å²) in [7, 11) is 1.88. The van der Waals surface area contributed by atoms with Crippen molar-refractivity contribution in [1.29, 1.82) is 0 Å².